The molecule has 0 atom stereocenters. The van der Waals surface area contributed by atoms with Gasteiger partial charge >= 0.3 is 5.97 Å². The zero-order valence-electron chi connectivity index (χ0n) is 14.0. The van der Waals surface area contributed by atoms with Crippen LogP contribution in [0.15, 0.2) is 24.3 Å². The van der Waals surface area contributed by atoms with Crippen molar-refractivity contribution in [2.45, 2.75) is 63.1 Å². The molecule has 0 spiro atoms. The highest BCUT2D eigenvalue weighted by Gasteiger charge is 2.56. The Hall–Kier alpha value is -1.86. The molecule has 1 aromatic carbocycles. The second-order valence-corrected chi connectivity index (χ2v) is 7.37. The average molecular weight is 313 g/mol. The second kappa shape index (κ2) is 5.35. The molecule has 0 radical (unpaired) electrons. The van der Waals surface area contributed by atoms with E-state index in [1.807, 2.05) is 26.0 Å². The average Bonchev–Trinajstić information content (AvgIpc) is 3.11. The Morgan fingerprint density at radius 1 is 1.26 bits per heavy atom. The first-order valence-corrected chi connectivity index (χ1v) is 8.17. The molecule has 0 aliphatic carbocycles. The smallest absolute Gasteiger partial charge is 0.302 e. The predicted octanol–water partition coefficient (Wildman–Crippen LogP) is 3.59. The molecule has 0 aromatic heterocycles. The Morgan fingerprint density at radius 3 is 2.39 bits per heavy atom. The molecule has 122 valence electrons. The molecule has 2 bridgehead atoms. The largest absolute Gasteiger partial charge is 0.463 e. The summed E-state index contributed by atoms with van der Waals surface area (Å²) in [5, 5.41) is 9.25. The van der Waals surface area contributed by atoms with E-state index in [2.05, 4.69) is 18.2 Å². The van der Waals surface area contributed by atoms with E-state index in [4.69, 9.17) is 9.47 Å². The third-order valence-electron chi connectivity index (χ3n) is 5.33. The van der Waals surface area contributed by atoms with E-state index in [-0.39, 0.29) is 17.2 Å². The molecule has 4 heteroatoms. The number of hydrogen-bond acceptors (Lipinski definition) is 4. The van der Waals surface area contributed by atoms with E-state index in [0.29, 0.717) is 6.61 Å². The van der Waals surface area contributed by atoms with Gasteiger partial charge in [0.15, 0.2) is 0 Å². The van der Waals surface area contributed by atoms with Crippen molar-refractivity contribution in [3.8, 4) is 6.07 Å². The molecule has 2 heterocycles. The summed E-state index contributed by atoms with van der Waals surface area (Å²) in [7, 11) is 0. The molecule has 2 aliphatic rings. The van der Waals surface area contributed by atoms with Crippen LogP contribution in [0.2, 0.25) is 0 Å². The SMILES string of the molecule is CC(=O)OCC12CCC(c3ccc(C(C)(C)C#N)cc3)(CC1)O2. The Bertz CT molecular complexity index is 646. The molecule has 1 aromatic rings. The number of nitrogens with zero attached hydrogens (tertiary/aromatic N) is 1. The molecule has 4 nitrogen and oxygen atoms in total. The van der Waals surface area contributed by atoms with Gasteiger partial charge in [0.2, 0.25) is 0 Å². The number of rotatable bonds is 4. The zero-order chi connectivity index (χ0) is 16.7. The lowest BCUT2D eigenvalue weighted by Gasteiger charge is -2.26. The van der Waals surface area contributed by atoms with E-state index < -0.39 is 5.41 Å². The molecular weight excluding hydrogens is 290 g/mol. The number of fused-ring (bicyclic) bond motifs is 2. The number of benzene rings is 1. The standard InChI is InChI=1S/C19H23NO3/c1-14(21)22-13-18-8-10-19(23-18,11-9-18)16-6-4-15(5-7-16)17(2,3)12-20/h4-7H,8-11,13H2,1-3H3. The van der Waals surface area contributed by atoms with Gasteiger partial charge in [0.25, 0.3) is 0 Å². The fraction of sp³-hybridized carbons (Fsp3) is 0.579. The number of ether oxygens (including phenoxy) is 2. The van der Waals surface area contributed by atoms with Crippen LogP contribution in [0.25, 0.3) is 0 Å². The highest BCUT2D eigenvalue weighted by Crippen LogP contribution is 2.56. The minimum absolute atomic E-state index is 0.254. The Balaban J connectivity index is 1.79. The van der Waals surface area contributed by atoms with Gasteiger partial charge in [-0.25, -0.2) is 0 Å². The monoisotopic (exact) mass is 313 g/mol. The number of esters is 1. The predicted molar refractivity (Wildman–Crippen MR) is 85.7 cm³/mol. The van der Waals surface area contributed by atoms with Crippen LogP contribution in [0.1, 0.15) is 57.6 Å². The topological polar surface area (TPSA) is 59.3 Å². The first-order chi connectivity index (χ1) is 10.8. The normalized spacial score (nSPS) is 29.3. The van der Waals surface area contributed by atoms with E-state index in [0.717, 1.165) is 36.8 Å². The van der Waals surface area contributed by atoms with Crippen LogP contribution in [-0.2, 0) is 25.3 Å². The van der Waals surface area contributed by atoms with Gasteiger partial charge in [-0.15, -0.1) is 0 Å². The van der Waals surface area contributed by atoms with Crippen LogP contribution >= 0.6 is 0 Å². The number of hydrogen-bond donors (Lipinski definition) is 0. The lowest BCUT2D eigenvalue weighted by Crippen LogP contribution is -2.32. The molecule has 23 heavy (non-hydrogen) atoms. The van der Waals surface area contributed by atoms with Crippen molar-refractivity contribution in [1.82, 2.24) is 0 Å². The van der Waals surface area contributed by atoms with Crippen LogP contribution in [0, 0.1) is 11.3 Å². The van der Waals surface area contributed by atoms with Gasteiger partial charge in [-0.1, -0.05) is 24.3 Å². The highest BCUT2D eigenvalue weighted by molar-refractivity contribution is 5.66. The maximum absolute atomic E-state index is 11.1. The molecule has 2 fully saturated rings. The summed E-state index contributed by atoms with van der Waals surface area (Å²) < 4.78 is 11.6. The lowest BCUT2D eigenvalue weighted by molar-refractivity contribution is -0.151. The first kappa shape index (κ1) is 16.0. The number of carbonyl (C=O) groups excluding carboxylic acids is 1. The molecule has 0 N–H and O–H groups in total. The fourth-order valence-corrected chi connectivity index (χ4v) is 3.74. The van der Waals surface area contributed by atoms with Crippen LogP contribution in [0.5, 0.6) is 0 Å². The summed E-state index contributed by atoms with van der Waals surface area (Å²) in [5.41, 5.74) is 1.13. The van der Waals surface area contributed by atoms with Crippen molar-refractivity contribution < 1.29 is 14.3 Å². The molecule has 2 aliphatic heterocycles. The van der Waals surface area contributed by atoms with Crippen molar-refractivity contribution in [2.75, 3.05) is 6.61 Å². The zero-order valence-corrected chi connectivity index (χ0v) is 14.0. The Kier molecular flexibility index (Phi) is 3.72. The van der Waals surface area contributed by atoms with Crippen LogP contribution in [0.3, 0.4) is 0 Å². The van der Waals surface area contributed by atoms with Crippen LogP contribution in [-0.4, -0.2) is 18.2 Å². The van der Waals surface area contributed by atoms with Gasteiger partial charge in [0.05, 0.1) is 17.1 Å². The minimum atomic E-state index is -0.485. The van der Waals surface area contributed by atoms with E-state index >= 15 is 0 Å². The van der Waals surface area contributed by atoms with Gasteiger partial charge in [-0.05, 0) is 50.7 Å². The highest BCUT2D eigenvalue weighted by atomic mass is 16.6. The fourth-order valence-electron chi connectivity index (χ4n) is 3.74. The van der Waals surface area contributed by atoms with Gasteiger partial charge in [-0.3, -0.25) is 4.79 Å². The third kappa shape index (κ3) is 2.74. The Labute approximate surface area is 137 Å². The van der Waals surface area contributed by atoms with Crippen molar-refractivity contribution in [1.29, 1.82) is 5.26 Å². The number of nitriles is 1. The molecular formula is C19H23NO3. The molecule has 0 unspecified atom stereocenters. The van der Waals surface area contributed by atoms with Gasteiger partial charge < -0.3 is 9.47 Å². The van der Waals surface area contributed by atoms with Crippen molar-refractivity contribution in [2.24, 2.45) is 0 Å². The van der Waals surface area contributed by atoms with E-state index in [1.165, 1.54) is 6.92 Å². The Morgan fingerprint density at radius 2 is 1.87 bits per heavy atom. The van der Waals surface area contributed by atoms with Crippen LogP contribution in [0.4, 0.5) is 0 Å². The summed E-state index contributed by atoms with van der Waals surface area (Å²) in [6.07, 6.45) is 3.75. The molecule has 0 amide bonds. The van der Waals surface area contributed by atoms with Gasteiger partial charge in [0.1, 0.15) is 12.2 Å². The van der Waals surface area contributed by atoms with Crippen molar-refractivity contribution in [3.05, 3.63) is 35.4 Å². The van der Waals surface area contributed by atoms with Crippen molar-refractivity contribution >= 4 is 5.97 Å². The quantitative estimate of drug-likeness (QED) is 0.797. The second-order valence-electron chi connectivity index (χ2n) is 7.37. The van der Waals surface area contributed by atoms with Gasteiger partial charge in [-0.2, -0.15) is 5.26 Å². The minimum Gasteiger partial charge on any atom is -0.463 e. The third-order valence-corrected chi connectivity index (χ3v) is 5.33. The van der Waals surface area contributed by atoms with E-state index in [1.54, 1.807) is 0 Å². The molecule has 3 rings (SSSR count). The van der Waals surface area contributed by atoms with Crippen LogP contribution < -0.4 is 0 Å². The summed E-state index contributed by atoms with van der Waals surface area (Å²) >= 11 is 0. The molecule has 2 saturated heterocycles. The number of carbonyl (C=O) groups is 1. The van der Waals surface area contributed by atoms with E-state index in [9.17, 15) is 10.1 Å². The maximum atomic E-state index is 11.1. The maximum Gasteiger partial charge on any atom is 0.302 e. The molecule has 0 saturated carbocycles. The van der Waals surface area contributed by atoms with Gasteiger partial charge in [0, 0.05) is 6.92 Å². The summed E-state index contributed by atoms with van der Waals surface area (Å²) in [6.45, 7) is 5.63. The summed E-state index contributed by atoms with van der Waals surface area (Å²) in [6, 6.07) is 10.6. The lowest BCUT2D eigenvalue weighted by atomic mass is 9.78. The summed E-state index contributed by atoms with van der Waals surface area (Å²) in [5.74, 6) is -0.254. The first-order valence-electron chi connectivity index (χ1n) is 8.17. The summed E-state index contributed by atoms with van der Waals surface area (Å²) in [4.78, 5) is 11.1. The van der Waals surface area contributed by atoms with Crippen molar-refractivity contribution in [3.63, 3.8) is 0 Å².